The molecule has 4 nitrogen and oxygen atoms in total. The fourth-order valence-electron chi connectivity index (χ4n) is 2.64. The minimum Gasteiger partial charge on any atom is -0.480 e. The molecule has 6 heteroatoms. The monoisotopic (exact) mass is 332 g/mol. The number of benzene rings is 1. The molecule has 1 aromatic carbocycles. The van der Waals surface area contributed by atoms with Crippen molar-refractivity contribution in [1.82, 2.24) is 4.98 Å². The summed E-state index contributed by atoms with van der Waals surface area (Å²) in [6, 6.07) is 6.40. The topological polar surface area (TPSA) is 56.3 Å². The molecule has 0 atom stereocenters. The van der Waals surface area contributed by atoms with E-state index in [9.17, 15) is 12.8 Å². The van der Waals surface area contributed by atoms with Gasteiger partial charge in [-0.25, -0.2) is 17.8 Å². The number of allylic oxidation sites excluding steroid dienone is 1. The number of hydrogen-bond acceptors (Lipinski definition) is 4. The Labute approximate surface area is 134 Å². The Kier molecular flexibility index (Phi) is 3.93. The van der Waals surface area contributed by atoms with Gasteiger partial charge in [-0.05, 0) is 53.3 Å². The Bertz CT molecular complexity index is 904. The zero-order valence-electron chi connectivity index (χ0n) is 12.8. The first-order chi connectivity index (χ1) is 10.9. The van der Waals surface area contributed by atoms with Gasteiger partial charge in [-0.1, -0.05) is 12.1 Å². The summed E-state index contributed by atoms with van der Waals surface area (Å²) in [5.74, 6) is -0.169. The molecule has 1 radical (unpaired) electrons. The van der Waals surface area contributed by atoms with Crippen LogP contribution in [-0.4, -0.2) is 26.8 Å². The molecule has 0 aliphatic heterocycles. The average Bonchev–Trinajstić information content (AvgIpc) is 2.53. The zero-order chi connectivity index (χ0) is 16.6. The Balaban J connectivity index is 2.10. The third-order valence-corrected chi connectivity index (χ3v) is 4.88. The highest BCUT2D eigenvalue weighted by atomic mass is 32.2. The predicted molar refractivity (Wildman–Crippen MR) is 84.4 cm³/mol. The molecule has 3 rings (SSSR count). The maximum absolute atomic E-state index is 13.8. The SMILES string of the molecule is COc1ncc(C2=[C]c3cccc(F)c3CC2)cc1S(C)(=O)=O. The fraction of sp³-hybridized carbons (Fsp3) is 0.235. The van der Waals surface area contributed by atoms with E-state index >= 15 is 0 Å². The maximum Gasteiger partial charge on any atom is 0.232 e. The van der Waals surface area contributed by atoms with Crippen LogP contribution in [0.15, 0.2) is 35.4 Å². The highest BCUT2D eigenvalue weighted by Crippen LogP contribution is 2.32. The number of pyridine rings is 1. The number of hydrogen-bond donors (Lipinski definition) is 0. The molecule has 23 heavy (non-hydrogen) atoms. The van der Waals surface area contributed by atoms with Crippen molar-refractivity contribution in [2.75, 3.05) is 13.4 Å². The van der Waals surface area contributed by atoms with E-state index in [0.717, 1.165) is 11.8 Å². The smallest absolute Gasteiger partial charge is 0.232 e. The fourth-order valence-corrected chi connectivity index (χ4v) is 3.43. The summed E-state index contributed by atoms with van der Waals surface area (Å²) < 4.78 is 42.6. The van der Waals surface area contributed by atoms with Crippen molar-refractivity contribution in [3.8, 4) is 5.88 Å². The third-order valence-electron chi connectivity index (χ3n) is 3.79. The third kappa shape index (κ3) is 2.99. The summed E-state index contributed by atoms with van der Waals surface area (Å²) >= 11 is 0. The molecular formula is C17H15FNO3S. The lowest BCUT2D eigenvalue weighted by atomic mass is 9.89. The molecule has 0 amide bonds. The number of halogens is 1. The van der Waals surface area contributed by atoms with Gasteiger partial charge < -0.3 is 4.74 Å². The number of nitrogens with zero attached hydrogens (tertiary/aromatic N) is 1. The molecule has 0 bridgehead atoms. The molecule has 1 aromatic heterocycles. The van der Waals surface area contributed by atoms with Crippen LogP contribution in [0.4, 0.5) is 4.39 Å². The highest BCUT2D eigenvalue weighted by molar-refractivity contribution is 7.90. The lowest BCUT2D eigenvalue weighted by molar-refractivity contribution is 0.385. The number of fused-ring (bicyclic) bond motifs is 1. The van der Waals surface area contributed by atoms with Crippen LogP contribution in [0, 0.1) is 11.9 Å². The predicted octanol–water partition coefficient (Wildman–Crippen LogP) is 2.81. The zero-order valence-corrected chi connectivity index (χ0v) is 13.6. The number of rotatable bonds is 3. The number of sulfone groups is 1. The van der Waals surface area contributed by atoms with E-state index < -0.39 is 9.84 Å². The Morgan fingerprint density at radius 3 is 2.78 bits per heavy atom. The Hall–Kier alpha value is -2.21. The summed E-state index contributed by atoms with van der Waals surface area (Å²) in [4.78, 5) is 4.11. The Morgan fingerprint density at radius 1 is 1.30 bits per heavy atom. The normalized spacial score (nSPS) is 14.1. The Morgan fingerprint density at radius 2 is 2.09 bits per heavy atom. The van der Waals surface area contributed by atoms with E-state index in [4.69, 9.17) is 4.74 Å². The van der Waals surface area contributed by atoms with Crippen molar-refractivity contribution in [3.05, 3.63) is 59.0 Å². The minimum absolute atomic E-state index is 0.0387. The molecule has 1 aliphatic carbocycles. The first-order valence-corrected chi connectivity index (χ1v) is 8.94. The van der Waals surface area contributed by atoms with Crippen molar-refractivity contribution in [1.29, 1.82) is 0 Å². The minimum atomic E-state index is -3.46. The van der Waals surface area contributed by atoms with Crippen molar-refractivity contribution < 1.29 is 17.5 Å². The summed E-state index contributed by atoms with van der Waals surface area (Å²) in [7, 11) is -2.09. The molecule has 1 aliphatic rings. The standard InChI is InChI=1S/C17H15FNO3S/c1-22-17-16(23(2,20)21)9-13(10-19-17)11-6-7-14-12(8-11)4-3-5-15(14)18/h3-5,9-10H,6-7H2,1-2H3. The number of ether oxygens (including phenoxy) is 1. The van der Waals surface area contributed by atoms with Gasteiger partial charge in [-0.15, -0.1) is 0 Å². The summed E-state index contributed by atoms with van der Waals surface area (Å²) in [5.41, 5.74) is 2.80. The largest absolute Gasteiger partial charge is 0.480 e. The van der Waals surface area contributed by atoms with Gasteiger partial charge in [0, 0.05) is 12.5 Å². The van der Waals surface area contributed by atoms with Crippen LogP contribution in [0.25, 0.3) is 5.57 Å². The van der Waals surface area contributed by atoms with Gasteiger partial charge in [0.15, 0.2) is 9.84 Å². The van der Waals surface area contributed by atoms with Gasteiger partial charge in [0.25, 0.3) is 0 Å². The molecule has 0 saturated carbocycles. The van der Waals surface area contributed by atoms with Crippen LogP contribution in [0.2, 0.25) is 0 Å². The molecule has 0 saturated heterocycles. The van der Waals surface area contributed by atoms with Gasteiger partial charge >= 0.3 is 0 Å². The van der Waals surface area contributed by atoms with Crippen LogP contribution < -0.4 is 4.74 Å². The lowest BCUT2D eigenvalue weighted by Crippen LogP contribution is -2.06. The van der Waals surface area contributed by atoms with Crippen LogP contribution in [0.3, 0.4) is 0 Å². The van der Waals surface area contributed by atoms with Crippen LogP contribution in [-0.2, 0) is 16.3 Å². The van der Waals surface area contributed by atoms with E-state index in [2.05, 4.69) is 11.1 Å². The quantitative estimate of drug-likeness (QED) is 0.867. The van der Waals surface area contributed by atoms with E-state index in [1.165, 1.54) is 19.2 Å². The van der Waals surface area contributed by atoms with Gasteiger partial charge in [0.2, 0.25) is 5.88 Å². The van der Waals surface area contributed by atoms with Crippen molar-refractivity contribution in [3.63, 3.8) is 0 Å². The van der Waals surface area contributed by atoms with E-state index in [1.54, 1.807) is 18.3 Å². The number of aromatic nitrogens is 1. The highest BCUT2D eigenvalue weighted by Gasteiger charge is 2.20. The second-order valence-electron chi connectivity index (χ2n) is 5.37. The summed E-state index contributed by atoms with van der Waals surface area (Å²) in [6.07, 6.45) is 6.96. The van der Waals surface area contributed by atoms with E-state index in [-0.39, 0.29) is 16.6 Å². The second-order valence-corrected chi connectivity index (χ2v) is 7.36. The summed E-state index contributed by atoms with van der Waals surface area (Å²) in [6.45, 7) is 0. The molecule has 0 N–H and O–H groups in total. The lowest BCUT2D eigenvalue weighted by Gasteiger charge is -2.17. The first-order valence-electron chi connectivity index (χ1n) is 7.05. The molecule has 0 fully saturated rings. The molecule has 1 heterocycles. The molecule has 119 valence electrons. The van der Waals surface area contributed by atoms with Crippen molar-refractivity contribution in [2.45, 2.75) is 17.7 Å². The van der Waals surface area contributed by atoms with Crippen LogP contribution >= 0.6 is 0 Å². The van der Waals surface area contributed by atoms with E-state index in [0.29, 0.717) is 29.5 Å². The van der Waals surface area contributed by atoms with Crippen LogP contribution in [0.5, 0.6) is 5.88 Å². The molecule has 0 spiro atoms. The number of methoxy groups -OCH3 is 1. The van der Waals surface area contributed by atoms with Gasteiger partial charge in [-0.2, -0.15) is 0 Å². The second kappa shape index (κ2) is 5.77. The van der Waals surface area contributed by atoms with Crippen molar-refractivity contribution >= 4 is 15.4 Å². The van der Waals surface area contributed by atoms with Crippen molar-refractivity contribution in [2.24, 2.45) is 0 Å². The summed E-state index contributed by atoms with van der Waals surface area (Å²) in [5, 5.41) is 0. The first kappa shape index (κ1) is 15.7. The maximum atomic E-state index is 13.8. The van der Waals surface area contributed by atoms with Gasteiger partial charge in [-0.3, -0.25) is 0 Å². The molecule has 2 aromatic rings. The molecular weight excluding hydrogens is 317 g/mol. The van der Waals surface area contributed by atoms with Gasteiger partial charge in [0.1, 0.15) is 10.7 Å². The molecule has 0 unspecified atom stereocenters. The van der Waals surface area contributed by atoms with E-state index in [1.807, 2.05) is 0 Å². The average molecular weight is 332 g/mol. The van der Waals surface area contributed by atoms with Crippen LogP contribution in [0.1, 0.15) is 23.1 Å². The van der Waals surface area contributed by atoms with Gasteiger partial charge in [0.05, 0.1) is 7.11 Å².